The van der Waals surface area contributed by atoms with Crippen LogP contribution in [0.2, 0.25) is 0 Å². The largest absolute Gasteiger partial charge is 0.481 e. The Hall–Kier alpha value is -0.570. The Kier molecular flexibility index (Phi) is 2.49. The van der Waals surface area contributed by atoms with E-state index in [9.17, 15) is 4.79 Å². The second-order valence-corrected chi connectivity index (χ2v) is 3.31. The van der Waals surface area contributed by atoms with Gasteiger partial charge < -0.3 is 9.84 Å². The number of aliphatic carboxylic acids is 1. The van der Waals surface area contributed by atoms with E-state index >= 15 is 0 Å². The summed E-state index contributed by atoms with van der Waals surface area (Å²) in [5, 5.41) is 8.53. The van der Waals surface area contributed by atoms with Crippen LogP contribution in [0.4, 0.5) is 0 Å². The SMILES string of the molecule is CC(C)OC1CC(C(=O)O)C1. The molecule has 1 aliphatic rings. The molecule has 1 aliphatic carbocycles. The molecule has 0 aromatic heterocycles. The number of carbonyl (C=O) groups is 1. The third-order valence-corrected chi connectivity index (χ3v) is 1.91. The predicted octanol–water partition coefficient (Wildman–Crippen LogP) is 1.27. The number of carboxylic acids is 1. The molecule has 0 bridgehead atoms. The molecular formula is C8H14O3. The molecule has 11 heavy (non-hydrogen) atoms. The van der Waals surface area contributed by atoms with Crippen molar-refractivity contribution in [1.82, 2.24) is 0 Å². The van der Waals surface area contributed by atoms with Gasteiger partial charge in [0.25, 0.3) is 0 Å². The van der Waals surface area contributed by atoms with E-state index in [2.05, 4.69) is 0 Å². The first-order valence-corrected chi connectivity index (χ1v) is 3.98. The minimum atomic E-state index is -0.686. The van der Waals surface area contributed by atoms with E-state index in [-0.39, 0.29) is 18.1 Å². The zero-order valence-corrected chi connectivity index (χ0v) is 6.91. The van der Waals surface area contributed by atoms with Crippen molar-refractivity contribution in [3.05, 3.63) is 0 Å². The molecule has 0 atom stereocenters. The molecule has 0 aromatic rings. The lowest BCUT2D eigenvalue weighted by molar-refractivity contribution is -0.153. The summed E-state index contributed by atoms with van der Waals surface area (Å²) < 4.78 is 5.40. The van der Waals surface area contributed by atoms with Crippen LogP contribution in [-0.2, 0) is 9.53 Å². The quantitative estimate of drug-likeness (QED) is 0.672. The standard InChI is InChI=1S/C8H14O3/c1-5(2)11-7-3-6(4-7)8(9)10/h5-7H,3-4H2,1-2H3,(H,9,10). The van der Waals surface area contributed by atoms with E-state index in [1.807, 2.05) is 13.8 Å². The first-order valence-electron chi connectivity index (χ1n) is 3.98. The van der Waals surface area contributed by atoms with Crippen LogP contribution in [-0.4, -0.2) is 23.3 Å². The average Bonchev–Trinajstić information content (AvgIpc) is 1.75. The molecule has 1 saturated carbocycles. The molecular weight excluding hydrogens is 144 g/mol. The Morgan fingerprint density at radius 3 is 2.45 bits per heavy atom. The average molecular weight is 158 g/mol. The van der Waals surface area contributed by atoms with Gasteiger partial charge in [-0.2, -0.15) is 0 Å². The van der Waals surface area contributed by atoms with Crippen molar-refractivity contribution < 1.29 is 14.6 Å². The van der Waals surface area contributed by atoms with Gasteiger partial charge in [0.2, 0.25) is 0 Å². The molecule has 0 amide bonds. The van der Waals surface area contributed by atoms with Gasteiger partial charge in [-0.25, -0.2) is 0 Å². The van der Waals surface area contributed by atoms with Gasteiger partial charge in [-0.3, -0.25) is 4.79 Å². The van der Waals surface area contributed by atoms with Crippen LogP contribution in [0.25, 0.3) is 0 Å². The summed E-state index contributed by atoms with van der Waals surface area (Å²) in [5.74, 6) is -0.840. The van der Waals surface area contributed by atoms with Gasteiger partial charge in [0.15, 0.2) is 0 Å². The maximum absolute atomic E-state index is 10.4. The lowest BCUT2D eigenvalue weighted by atomic mass is 9.82. The second kappa shape index (κ2) is 3.22. The fourth-order valence-electron chi connectivity index (χ4n) is 1.26. The summed E-state index contributed by atoms with van der Waals surface area (Å²) in [6.45, 7) is 3.93. The summed E-state index contributed by atoms with van der Waals surface area (Å²) >= 11 is 0. The van der Waals surface area contributed by atoms with Crippen molar-refractivity contribution >= 4 is 5.97 Å². The van der Waals surface area contributed by atoms with Crippen LogP contribution in [0.5, 0.6) is 0 Å². The third-order valence-electron chi connectivity index (χ3n) is 1.91. The van der Waals surface area contributed by atoms with E-state index in [4.69, 9.17) is 9.84 Å². The molecule has 64 valence electrons. The lowest BCUT2D eigenvalue weighted by Gasteiger charge is -2.33. The molecule has 1 N–H and O–H groups in total. The number of carboxylic acid groups (broad SMARTS) is 1. The zero-order valence-electron chi connectivity index (χ0n) is 6.91. The fourth-order valence-corrected chi connectivity index (χ4v) is 1.26. The first-order chi connectivity index (χ1) is 5.09. The van der Waals surface area contributed by atoms with Gasteiger partial charge in [-0.15, -0.1) is 0 Å². The lowest BCUT2D eigenvalue weighted by Crippen LogP contribution is -2.37. The molecule has 0 saturated heterocycles. The number of hydrogen-bond donors (Lipinski definition) is 1. The highest BCUT2D eigenvalue weighted by Gasteiger charge is 2.35. The van der Waals surface area contributed by atoms with Crippen molar-refractivity contribution in [2.75, 3.05) is 0 Å². The van der Waals surface area contributed by atoms with Crippen LogP contribution in [0, 0.1) is 5.92 Å². The van der Waals surface area contributed by atoms with Crippen LogP contribution in [0.3, 0.4) is 0 Å². The Bertz CT molecular complexity index is 147. The number of rotatable bonds is 3. The Balaban J connectivity index is 2.14. The monoisotopic (exact) mass is 158 g/mol. The van der Waals surface area contributed by atoms with Crippen molar-refractivity contribution in [3.63, 3.8) is 0 Å². The molecule has 0 unspecified atom stereocenters. The van der Waals surface area contributed by atoms with Gasteiger partial charge in [-0.05, 0) is 26.7 Å². The predicted molar refractivity (Wildman–Crippen MR) is 40.4 cm³/mol. The van der Waals surface area contributed by atoms with Crippen LogP contribution < -0.4 is 0 Å². The molecule has 0 heterocycles. The molecule has 1 rings (SSSR count). The summed E-state index contributed by atoms with van der Waals surface area (Å²) in [6, 6.07) is 0. The molecule has 0 radical (unpaired) electrons. The zero-order chi connectivity index (χ0) is 8.43. The maximum Gasteiger partial charge on any atom is 0.306 e. The van der Waals surface area contributed by atoms with Crippen molar-refractivity contribution in [2.45, 2.75) is 38.9 Å². The van der Waals surface area contributed by atoms with Gasteiger partial charge >= 0.3 is 5.97 Å². The van der Waals surface area contributed by atoms with Crippen molar-refractivity contribution in [2.24, 2.45) is 5.92 Å². The summed E-state index contributed by atoms with van der Waals surface area (Å²) in [4.78, 5) is 10.4. The second-order valence-electron chi connectivity index (χ2n) is 3.31. The highest BCUT2D eigenvalue weighted by molar-refractivity contribution is 5.71. The Labute approximate surface area is 66.4 Å². The third kappa shape index (κ3) is 2.19. The van der Waals surface area contributed by atoms with Gasteiger partial charge in [0.1, 0.15) is 0 Å². The van der Waals surface area contributed by atoms with Crippen LogP contribution >= 0.6 is 0 Å². The Morgan fingerprint density at radius 2 is 2.09 bits per heavy atom. The highest BCUT2D eigenvalue weighted by Crippen LogP contribution is 2.30. The van der Waals surface area contributed by atoms with Crippen molar-refractivity contribution in [1.29, 1.82) is 0 Å². The van der Waals surface area contributed by atoms with Gasteiger partial charge in [-0.1, -0.05) is 0 Å². The molecule has 0 spiro atoms. The summed E-state index contributed by atoms with van der Waals surface area (Å²) in [6.07, 6.45) is 1.78. The van der Waals surface area contributed by atoms with E-state index in [1.165, 1.54) is 0 Å². The van der Waals surface area contributed by atoms with E-state index in [0.717, 1.165) is 0 Å². The topological polar surface area (TPSA) is 46.5 Å². The smallest absolute Gasteiger partial charge is 0.306 e. The van der Waals surface area contributed by atoms with E-state index in [1.54, 1.807) is 0 Å². The summed E-state index contributed by atoms with van der Waals surface area (Å²) in [7, 11) is 0. The number of hydrogen-bond acceptors (Lipinski definition) is 2. The molecule has 3 nitrogen and oxygen atoms in total. The van der Waals surface area contributed by atoms with E-state index in [0.29, 0.717) is 12.8 Å². The van der Waals surface area contributed by atoms with Crippen molar-refractivity contribution in [3.8, 4) is 0 Å². The van der Waals surface area contributed by atoms with Crippen LogP contribution in [0.15, 0.2) is 0 Å². The minimum Gasteiger partial charge on any atom is -0.481 e. The molecule has 1 fully saturated rings. The minimum absolute atomic E-state index is 0.154. The van der Waals surface area contributed by atoms with E-state index < -0.39 is 5.97 Å². The highest BCUT2D eigenvalue weighted by atomic mass is 16.5. The number of ether oxygens (including phenoxy) is 1. The maximum atomic E-state index is 10.4. The van der Waals surface area contributed by atoms with Gasteiger partial charge in [0.05, 0.1) is 18.1 Å². The molecule has 0 aliphatic heterocycles. The summed E-state index contributed by atoms with van der Waals surface area (Å²) in [5.41, 5.74) is 0. The molecule has 0 aromatic carbocycles. The normalized spacial score (nSPS) is 30.1. The van der Waals surface area contributed by atoms with Crippen LogP contribution in [0.1, 0.15) is 26.7 Å². The Morgan fingerprint density at radius 1 is 1.55 bits per heavy atom. The first kappa shape index (κ1) is 8.53. The fraction of sp³-hybridized carbons (Fsp3) is 0.875. The molecule has 3 heteroatoms. The van der Waals surface area contributed by atoms with Gasteiger partial charge in [0, 0.05) is 0 Å².